The molecule has 1 aromatic carbocycles. The van der Waals surface area contributed by atoms with Crippen molar-refractivity contribution in [3.05, 3.63) is 41.7 Å². The van der Waals surface area contributed by atoms with Gasteiger partial charge >= 0.3 is 0 Å². The molecule has 6 nitrogen and oxygen atoms in total. The average molecular weight is 443 g/mol. The van der Waals surface area contributed by atoms with Gasteiger partial charge in [0.05, 0.1) is 0 Å². The van der Waals surface area contributed by atoms with Crippen LogP contribution in [0, 0.1) is 11.8 Å². The first-order valence-electron chi connectivity index (χ1n) is 11.6. The number of aliphatic imine (C=N–C) groups is 1. The van der Waals surface area contributed by atoms with Crippen LogP contribution >= 0.6 is 11.8 Å². The highest BCUT2D eigenvalue weighted by Crippen LogP contribution is 2.22. The second-order valence-electron chi connectivity index (χ2n) is 8.81. The summed E-state index contributed by atoms with van der Waals surface area (Å²) in [5.41, 5.74) is 1.46. The number of hydrogen-bond donors (Lipinski definition) is 1. The molecule has 1 fully saturated rings. The molecule has 0 bridgehead atoms. The molecule has 0 unspecified atom stereocenters. The van der Waals surface area contributed by atoms with E-state index in [9.17, 15) is 0 Å². The second-order valence-corrected chi connectivity index (χ2v) is 9.58. The molecule has 3 rings (SSSR count). The molecule has 2 aromatic rings. The van der Waals surface area contributed by atoms with Crippen molar-refractivity contribution in [1.29, 1.82) is 0 Å². The largest absolute Gasteiger partial charge is 0.356 e. The number of thioether (sulfide) groups is 1. The zero-order valence-corrected chi connectivity index (χ0v) is 20.4. The quantitative estimate of drug-likeness (QED) is 0.274. The van der Waals surface area contributed by atoms with Crippen molar-refractivity contribution in [2.75, 3.05) is 32.9 Å². The summed E-state index contributed by atoms with van der Waals surface area (Å²) >= 11 is 1.67. The van der Waals surface area contributed by atoms with Crippen LogP contribution in [0.25, 0.3) is 0 Å². The third-order valence-corrected chi connectivity index (χ3v) is 6.54. The minimum absolute atomic E-state index is 0.586. The van der Waals surface area contributed by atoms with Gasteiger partial charge in [0.1, 0.15) is 5.82 Å². The van der Waals surface area contributed by atoms with Gasteiger partial charge in [-0.3, -0.25) is 4.99 Å². The predicted molar refractivity (Wildman–Crippen MR) is 131 cm³/mol. The van der Waals surface area contributed by atoms with E-state index in [2.05, 4.69) is 80.4 Å². The molecule has 0 saturated carbocycles. The van der Waals surface area contributed by atoms with Crippen molar-refractivity contribution in [3.8, 4) is 0 Å². The van der Waals surface area contributed by atoms with Crippen molar-refractivity contribution in [3.63, 3.8) is 0 Å². The van der Waals surface area contributed by atoms with Gasteiger partial charge < -0.3 is 14.8 Å². The van der Waals surface area contributed by atoms with Gasteiger partial charge in [-0.05, 0) is 49.3 Å². The lowest BCUT2D eigenvalue weighted by Gasteiger charge is -2.34. The Morgan fingerprint density at radius 1 is 1.19 bits per heavy atom. The Bertz CT molecular complexity index is 809. The van der Waals surface area contributed by atoms with E-state index in [0.717, 1.165) is 61.9 Å². The molecule has 1 aromatic heterocycles. The summed E-state index contributed by atoms with van der Waals surface area (Å²) in [6.07, 6.45) is 7.67. The Labute approximate surface area is 191 Å². The summed E-state index contributed by atoms with van der Waals surface area (Å²) in [6, 6.07) is 10.9. The van der Waals surface area contributed by atoms with Crippen LogP contribution in [0.2, 0.25) is 0 Å². The van der Waals surface area contributed by atoms with E-state index >= 15 is 0 Å². The molecule has 7 heteroatoms. The number of nitrogens with one attached hydrogen (secondary N) is 1. The Hall–Kier alpha value is -2.02. The zero-order valence-electron chi connectivity index (χ0n) is 19.5. The van der Waals surface area contributed by atoms with Gasteiger partial charge in [-0.1, -0.05) is 55.9 Å². The van der Waals surface area contributed by atoms with Crippen LogP contribution in [-0.2, 0) is 19.4 Å². The first-order valence-corrected chi connectivity index (χ1v) is 12.8. The van der Waals surface area contributed by atoms with Crippen molar-refractivity contribution >= 4 is 17.7 Å². The van der Waals surface area contributed by atoms with Crippen LogP contribution in [0.15, 0.2) is 40.5 Å². The van der Waals surface area contributed by atoms with E-state index in [1.54, 1.807) is 11.8 Å². The highest BCUT2D eigenvalue weighted by atomic mass is 32.2. The van der Waals surface area contributed by atoms with Crippen molar-refractivity contribution in [2.24, 2.45) is 16.8 Å². The Kier molecular flexibility index (Phi) is 9.25. The number of guanidine groups is 1. The summed E-state index contributed by atoms with van der Waals surface area (Å²) < 4.78 is 2.28. The van der Waals surface area contributed by atoms with Crippen molar-refractivity contribution in [2.45, 2.75) is 57.7 Å². The fourth-order valence-electron chi connectivity index (χ4n) is 4.28. The van der Waals surface area contributed by atoms with Gasteiger partial charge in [0.25, 0.3) is 0 Å². The number of aromatic nitrogens is 3. The molecule has 0 aliphatic carbocycles. The zero-order chi connectivity index (χ0) is 22.1. The monoisotopic (exact) mass is 442 g/mol. The smallest absolute Gasteiger partial charge is 0.193 e. The minimum Gasteiger partial charge on any atom is -0.356 e. The normalized spacial score (nSPS) is 15.6. The molecule has 0 atom stereocenters. The van der Waals surface area contributed by atoms with E-state index < -0.39 is 0 Å². The van der Waals surface area contributed by atoms with Crippen LogP contribution in [0.4, 0.5) is 0 Å². The second kappa shape index (κ2) is 12.1. The standard InChI is InChI=1S/C24H38N6S/c1-19(2)18-30-22(27-28-24(30)31-4)11-8-14-26-23(25-3)29-15-12-21(13-16-29)17-20-9-6-5-7-10-20/h5-7,9-10,19,21H,8,11-18H2,1-4H3,(H,25,26). The lowest BCUT2D eigenvalue weighted by atomic mass is 9.90. The van der Waals surface area contributed by atoms with Crippen molar-refractivity contribution in [1.82, 2.24) is 25.0 Å². The summed E-state index contributed by atoms with van der Waals surface area (Å²) in [5, 5.41) is 13.4. The molecule has 1 aliphatic rings. The maximum Gasteiger partial charge on any atom is 0.193 e. The number of piperidine rings is 1. The van der Waals surface area contributed by atoms with Crippen LogP contribution in [0.1, 0.15) is 44.5 Å². The summed E-state index contributed by atoms with van der Waals surface area (Å²) in [6.45, 7) is 8.52. The van der Waals surface area contributed by atoms with Crippen LogP contribution in [0.5, 0.6) is 0 Å². The Morgan fingerprint density at radius 2 is 1.94 bits per heavy atom. The molecule has 0 spiro atoms. The Morgan fingerprint density at radius 3 is 2.58 bits per heavy atom. The summed E-state index contributed by atoms with van der Waals surface area (Å²) in [7, 11) is 1.89. The number of aryl methyl sites for hydroxylation is 1. The topological polar surface area (TPSA) is 58.3 Å². The highest BCUT2D eigenvalue weighted by Gasteiger charge is 2.21. The van der Waals surface area contributed by atoms with E-state index in [0.29, 0.717) is 5.92 Å². The minimum atomic E-state index is 0.586. The lowest BCUT2D eigenvalue weighted by molar-refractivity contribution is 0.259. The predicted octanol–water partition coefficient (Wildman–Crippen LogP) is 4.12. The molecule has 2 heterocycles. The molecule has 1 N–H and O–H groups in total. The molecule has 170 valence electrons. The van der Waals surface area contributed by atoms with E-state index in [1.165, 1.54) is 24.8 Å². The maximum atomic E-state index is 4.53. The van der Waals surface area contributed by atoms with Crippen LogP contribution in [0.3, 0.4) is 0 Å². The molecule has 1 aliphatic heterocycles. The van der Waals surface area contributed by atoms with E-state index in [-0.39, 0.29) is 0 Å². The SMILES string of the molecule is CN=C(NCCCc1nnc(SC)n1CC(C)C)N1CCC(Cc2ccccc2)CC1. The van der Waals surface area contributed by atoms with E-state index in [4.69, 9.17) is 0 Å². The first kappa shape index (κ1) is 23.6. The first-order chi connectivity index (χ1) is 15.1. The molecular formula is C24H38N6S. The molecule has 0 radical (unpaired) electrons. The van der Waals surface area contributed by atoms with Crippen molar-refractivity contribution < 1.29 is 0 Å². The number of rotatable bonds is 9. The lowest BCUT2D eigenvalue weighted by Crippen LogP contribution is -2.46. The fraction of sp³-hybridized carbons (Fsp3) is 0.625. The van der Waals surface area contributed by atoms with Gasteiger partial charge in [0.2, 0.25) is 0 Å². The molecule has 0 amide bonds. The third-order valence-electron chi connectivity index (χ3n) is 5.88. The van der Waals surface area contributed by atoms with E-state index in [1.807, 2.05) is 7.05 Å². The fourth-order valence-corrected chi connectivity index (χ4v) is 4.80. The van der Waals surface area contributed by atoms with Gasteiger partial charge in [-0.25, -0.2) is 0 Å². The molecular weight excluding hydrogens is 404 g/mol. The Balaban J connectivity index is 1.42. The summed E-state index contributed by atoms with van der Waals surface area (Å²) in [4.78, 5) is 6.95. The molecule has 1 saturated heterocycles. The number of hydrogen-bond acceptors (Lipinski definition) is 4. The van der Waals surface area contributed by atoms with Crippen LogP contribution in [-0.4, -0.2) is 58.6 Å². The van der Waals surface area contributed by atoms with Gasteiger partial charge in [-0.2, -0.15) is 0 Å². The number of benzene rings is 1. The average Bonchev–Trinajstić information content (AvgIpc) is 3.16. The third kappa shape index (κ3) is 6.99. The van der Waals surface area contributed by atoms with Gasteiger partial charge in [0, 0.05) is 39.6 Å². The molecule has 31 heavy (non-hydrogen) atoms. The van der Waals surface area contributed by atoms with Gasteiger partial charge in [-0.15, -0.1) is 10.2 Å². The highest BCUT2D eigenvalue weighted by molar-refractivity contribution is 7.98. The number of nitrogens with zero attached hydrogens (tertiary/aromatic N) is 5. The van der Waals surface area contributed by atoms with Gasteiger partial charge in [0.15, 0.2) is 11.1 Å². The van der Waals surface area contributed by atoms with Crippen LogP contribution < -0.4 is 5.32 Å². The number of likely N-dealkylation sites (tertiary alicyclic amines) is 1. The maximum absolute atomic E-state index is 4.53. The summed E-state index contributed by atoms with van der Waals surface area (Å²) in [5.74, 6) is 3.49.